The molecule has 2 aromatic rings. The number of thiophene rings is 1. The second-order valence-corrected chi connectivity index (χ2v) is 10.4. The molecule has 0 aromatic carbocycles. The monoisotopic (exact) mass is 398 g/mol. The molecule has 0 spiro atoms. The van der Waals surface area contributed by atoms with Gasteiger partial charge in [0.1, 0.15) is 6.04 Å². The summed E-state index contributed by atoms with van der Waals surface area (Å²) in [5.41, 5.74) is 2.19. The summed E-state index contributed by atoms with van der Waals surface area (Å²) in [7, 11) is 0. The van der Waals surface area contributed by atoms with Crippen LogP contribution in [0.5, 0.6) is 0 Å². The van der Waals surface area contributed by atoms with Crippen LogP contribution in [0.4, 0.5) is 4.79 Å². The number of nitrogens with zero attached hydrogens (tertiary/aromatic N) is 2. The second-order valence-electron chi connectivity index (χ2n) is 9.44. The Hall–Kier alpha value is -1.82. The second kappa shape index (κ2) is 6.90. The zero-order valence-electron chi connectivity index (χ0n) is 16.8. The van der Waals surface area contributed by atoms with Gasteiger partial charge in [0.15, 0.2) is 0 Å². The fourth-order valence-electron chi connectivity index (χ4n) is 6.49. The summed E-state index contributed by atoms with van der Waals surface area (Å²) < 4.78 is 2.05. The lowest BCUT2D eigenvalue weighted by molar-refractivity contribution is -0.0135. The highest BCUT2D eigenvalue weighted by atomic mass is 32.1. The molecule has 4 saturated carbocycles. The summed E-state index contributed by atoms with van der Waals surface area (Å²) in [5, 5.41) is 13.4. The molecule has 4 bridgehead atoms. The molecule has 150 valence electrons. The van der Waals surface area contributed by atoms with Gasteiger partial charge in [-0.1, -0.05) is 6.07 Å². The molecule has 0 radical (unpaired) electrons. The van der Waals surface area contributed by atoms with Gasteiger partial charge in [-0.3, -0.25) is 4.68 Å². The van der Waals surface area contributed by atoms with E-state index >= 15 is 0 Å². The maximum Gasteiger partial charge on any atom is 0.315 e. The largest absolute Gasteiger partial charge is 0.336 e. The molecule has 2 amide bonds. The van der Waals surface area contributed by atoms with Crippen LogP contribution in [0.25, 0.3) is 0 Å². The number of hydrogen-bond acceptors (Lipinski definition) is 3. The van der Waals surface area contributed by atoms with E-state index in [0.717, 1.165) is 29.1 Å². The Balaban J connectivity index is 1.27. The molecule has 6 heteroatoms. The third-order valence-corrected chi connectivity index (χ3v) is 8.06. The Morgan fingerprint density at radius 3 is 2.46 bits per heavy atom. The molecule has 0 saturated heterocycles. The lowest BCUT2D eigenvalue weighted by atomic mass is 9.53. The van der Waals surface area contributed by atoms with Crippen LogP contribution >= 0.6 is 11.3 Å². The van der Waals surface area contributed by atoms with Gasteiger partial charge in [0, 0.05) is 22.7 Å². The van der Waals surface area contributed by atoms with Crippen molar-refractivity contribution >= 4 is 17.4 Å². The van der Waals surface area contributed by atoms with Crippen LogP contribution < -0.4 is 10.6 Å². The first-order valence-corrected chi connectivity index (χ1v) is 11.5. The number of aromatic nitrogens is 2. The van der Waals surface area contributed by atoms with Crippen LogP contribution in [0.3, 0.4) is 0 Å². The molecule has 1 atom stereocenters. The van der Waals surface area contributed by atoms with Gasteiger partial charge in [-0.15, -0.1) is 11.3 Å². The van der Waals surface area contributed by atoms with Crippen molar-refractivity contribution in [2.75, 3.05) is 6.54 Å². The Bertz CT molecular complexity index is 821. The minimum Gasteiger partial charge on any atom is -0.336 e. The van der Waals surface area contributed by atoms with E-state index in [4.69, 9.17) is 0 Å². The first kappa shape index (κ1) is 18.2. The van der Waals surface area contributed by atoms with Gasteiger partial charge in [0.2, 0.25) is 0 Å². The molecule has 4 aliphatic carbocycles. The highest BCUT2D eigenvalue weighted by Crippen LogP contribution is 2.55. The number of nitrogens with one attached hydrogen (secondary N) is 2. The molecule has 0 aliphatic heterocycles. The third-order valence-electron chi connectivity index (χ3n) is 7.08. The molecule has 4 fully saturated rings. The Kier molecular flexibility index (Phi) is 4.49. The molecular weight excluding hydrogens is 368 g/mol. The van der Waals surface area contributed by atoms with E-state index in [1.165, 1.54) is 43.4 Å². The van der Waals surface area contributed by atoms with Crippen molar-refractivity contribution in [1.29, 1.82) is 0 Å². The molecule has 1 unspecified atom stereocenters. The smallest absolute Gasteiger partial charge is 0.315 e. The predicted octanol–water partition coefficient (Wildman–Crippen LogP) is 4.42. The zero-order chi connectivity index (χ0) is 19.3. The number of carbonyl (C=O) groups excluding carboxylic acids is 1. The highest BCUT2D eigenvalue weighted by Gasteiger charge is 2.51. The predicted molar refractivity (Wildman–Crippen MR) is 112 cm³/mol. The van der Waals surface area contributed by atoms with Crippen molar-refractivity contribution in [3.05, 3.63) is 39.8 Å². The van der Waals surface area contributed by atoms with Crippen LogP contribution in [0, 0.1) is 31.6 Å². The van der Waals surface area contributed by atoms with Gasteiger partial charge in [0.25, 0.3) is 0 Å². The van der Waals surface area contributed by atoms with Crippen molar-refractivity contribution in [3.63, 3.8) is 0 Å². The summed E-state index contributed by atoms with van der Waals surface area (Å²) in [6.07, 6.45) is 7.71. The number of amides is 2. The Labute approximate surface area is 170 Å². The maximum absolute atomic E-state index is 12.9. The van der Waals surface area contributed by atoms with Gasteiger partial charge < -0.3 is 10.6 Å². The summed E-state index contributed by atoms with van der Waals surface area (Å²) in [5.74, 6) is 2.50. The molecule has 2 heterocycles. The van der Waals surface area contributed by atoms with Crippen LogP contribution in [0.2, 0.25) is 0 Å². The first-order chi connectivity index (χ1) is 13.5. The quantitative estimate of drug-likeness (QED) is 0.783. The average molecular weight is 399 g/mol. The number of hydrogen-bond donors (Lipinski definition) is 2. The lowest BCUT2D eigenvalue weighted by Gasteiger charge is -2.56. The van der Waals surface area contributed by atoms with E-state index < -0.39 is 0 Å². The van der Waals surface area contributed by atoms with E-state index in [1.807, 2.05) is 11.6 Å². The topological polar surface area (TPSA) is 59.0 Å². The summed E-state index contributed by atoms with van der Waals surface area (Å²) >= 11 is 1.72. The lowest BCUT2D eigenvalue weighted by Crippen LogP contribution is -2.61. The fourth-order valence-corrected chi connectivity index (χ4v) is 7.30. The molecule has 28 heavy (non-hydrogen) atoms. The fraction of sp³-hybridized carbons (Fsp3) is 0.636. The SMILES string of the molecule is Cc1cc(C)n(C(CNC(=O)NC23CC4CC(CC(C4)C2)C3)c2cccs2)n1. The van der Waals surface area contributed by atoms with Crippen LogP contribution in [-0.4, -0.2) is 27.9 Å². The number of rotatable bonds is 5. The summed E-state index contributed by atoms with van der Waals surface area (Å²) in [4.78, 5) is 14.1. The minimum absolute atomic E-state index is 0.00922. The van der Waals surface area contributed by atoms with Crippen LogP contribution in [0.1, 0.15) is 60.8 Å². The van der Waals surface area contributed by atoms with Crippen molar-refractivity contribution in [1.82, 2.24) is 20.4 Å². The van der Waals surface area contributed by atoms with Gasteiger partial charge in [-0.2, -0.15) is 5.10 Å². The van der Waals surface area contributed by atoms with Crippen molar-refractivity contribution in [2.45, 2.75) is 64.0 Å². The molecular formula is C22H30N4OS. The number of aryl methyl sites for hydroxylation is 2. The average Bonchev–Trinajstić information content (AvgIpc) is 3.24. The van der Waals surface area contributed by atoms with Gasteiger partial charge >= 0.3 is 6.03 Å². The van der Waals surface area contributed by atoms with E-state index in [9.17, 15) is 4.79 Å². The van der Waals surface area contributed by atoms with Gasteiger partial charge in [0.05, 0.1) is 5.69 Å². The van der Waals surface area contributed by atoms with E-state index in [-0.39, 0.29) is 17.6 Å². The maximum atomic E-state index is 12.9. The van der Waals surface area contributed by atoms with Gasteiger partial charge in [-0.05, 0) is 87.6 Å². The van der Waals surface area contributed by atoms with E-state index in [1.54, 1.807) is 11.3 Å². The van der Waals surface area contributed by atoms with Crippen molar-refractivity contribution in [2.24, 2.45) is 17.8 Å². The van der Waals surface area contributed by atoms with Gasteiger partial charge in [-0.25, -0.2) is 4.79 Å². The first-order valence-electron chi connectivity index (χ1n) is 10.6. The Morgan fingerprint density at radius 1 is 1.25 bits per heavy atom. The van der Waals surface area contributed by atoms with Crippen molar-refractivity contribution < 1.29 is 4.79 Å². The third kappa shape index (κ3) is 3.36. The highest BCUT2D eigenvalue weighted by molar-refractivity contribution is 7.10. The Morgan fingerprint density at radius 2 is 1.93 bits per heavy atom. The molecule has 4 aliphatic rings. The molecule has 6 rings (SSSR count). The summed E-state index contributed by atoms with van der Waals surface area (Å²) in [6, 6.07) is 6.32. The minimum atomic E-state index is -0.00922. The normalized spacial score (nSPS) is 31.7. The van der Waals surface area contributed by atoms with Crippen LogP contribution in [0.15, 0.2) is 23.6 Å². The number of carbonyl (C=O) groups is 1. The van der Waals surface area contributed by atoms with Crippen LogP contribution in [-0.2, 0) is 0 Å². The van der Waals surface area contributed by atoms with E-state index in [0.29, 0.717) is 6.54 Å². The standard InChI is InChI=1S/C22H30N4OS/c1-14-6-15(2)26(25-14)19(20-4-3-5-28-20)13-23-21(27)24-22-10-16-7-17(11-22)9-18(8-16)12-22/h3-6,16-19H,7-13H2,1-2H3,(H2,23,24,27). The zero-order valence-corrected chi connectivity index (χ0v) is 17.6. The summed E-state index contributed by atoms with van der Waals surface area (Å²) in [6.45, 7) is 4.65. The number of urea groups is 1. The molecule has 2 aromatic heterocycles. The molecule has 5 nitrogen and oxygen atoms in total. The van der Waals surface area contributed by atoms with E-state index in [2.05, 4.69) is 46.2 Å². The molecule has 2 N–H and O–H groups in total. The van der Waals surface area contributed by atoms with Crippen molar-refractivity contribution in [3.8, 4) is 0 Å².